The Hall–Kier alpha value is -2.71. The Morgan fingerprint density at radius 3 is 2.55 bits per heavy atom. The fourth-order valence-corrected chi connectivity index (χ4v) is 7.70. The Balaban J connectivity index is 1.27. The maximum absolute atomic E-state index is 14.2. The predicted octanol–water partition coefficient (Wildman–Crippen LogP) is 4.02. The smallest absolute Gasteiger partial charge is 0.246 e. The molecule has 3 amide bonds. The number of amides is 3. The fraction of sp³-hybridized carbons (Fsp3) is 0.656. The maximum atomic E-state index is 14.2. The number of nitrogens with one attached hydrogen (secondary N) is 2. The highest BCUT2D eigenvalue weighted by atomic mass is 16.5. The molecule has 2 bridgehead atoms. The molecule has 1 spiro atoms. The molecule has 0 radical (unpaired) electrons. The highest BCUT2D eigenvalue weighted by molar-refractivity contribution is 6.02. The summed E-state index contributed by atoms with van der Waals surface area (Å²) >= 11 is 0. The first kappa shape index (κ1) is 27.5. The minimum Gasteiger partial charge on any atom is -0.376 e. The molecule has 9 atom stereocenters. The summed E-state index contributed by atoms with van der Waals surface area (Å²) in [6, 6.07) is 7.04. The lowest BCUT2D eigenvalue weighted by molar-refractivity contribution is -0.143. The van der Waals surface area contributed by atoms with Crippen molar-refractivity contribution in [1.29, 1.82) is 0 Å². The van der Waals surface area contributed by atoms with Crippen molar-refractivity contribution < 1.29 is 23.9 Å². The van der Waals surface area contributed by atoms with Gasteiger partial charge >= 0.3 is 0 Å². The van der Waals surface area contributed by atoms with Crippen LogP contribution in [0.25, 0.3) is 0 Å². The van der Waals surface area contributed by atoms with Crippen molar-refractivity contribution in [3.8, 4) is 0 Å². The zero-order valence-corrected chi connectivity index (χ0v) is 24.1. The average molecular weight is 550 g/mol. The van der Waals surface area contributed by atoms with Gasteiger partial charge in [0.2, 0.25) is 17.7 Å². The van der Waals surface area contributed by atoms with E-state index in [2.05, 4.69) is 38.3 Å². The Morgan fingerprint density at radius 2 is 1.85 bits per heavy atom. The number of benzene rings is 1. The van der Waals surface area contributed by atoms with Crippen LogP contribution in [0, 0.1) is 23.7 Å². The zero-order chi connectivity index (χ0) is 28.2. The second-order valence-electron chi connectivity index (χ2n) is 13.0. The molecule has 1 aromatic carbocycles. The van der Waals surface area contributed by atoms with Gasteiger partial charge in [-0.3, -0.25) is 14.4 Å². The number of anilines is 1. The van der Waals surface area contributed by atoms with Gasteiger partial charge in [-0.2, -0.15) is 0 Å². The third-order valence-corrected chi connectivity index (χ3v) is 10.2. The SMILES string of the molecule is CC(C)c1ccc(NC(=O)[C@H]2[C@H]3C=C[C@@]4(O3)[C@H]2C(=O)N(C[C@@H]2CCCO2)[C@@H]4C(=O)N[C@@H]2CCC[C@@H](C)[C@@H]2C)cc1. The zero-order valence-electron chi connectivity index (χ0n) is 24.1. The van der Waals surface area contributed by atoms with Crippen molar-refractivity contribution in [3.05, 3.63) is 42.0 Å². The normalized spacial score (nSPS) is 38.2. The molecule has 4 aliphatic heterocycles. The monoisotopic (exact) mass is 549 g/mol. The number of nitrogens with zero attached hydrogens (tertiary/aromatic N) is 1. The molecule has 1 aliphatic carbocycles. The summed E-state index contributed by atoms with van der Waals surface area (Å²) in [6.07, 6.45) is 8.06. The van der Waals surface area contributed by atoms with Gasteiger partial charge in [-0.1, -0.05) is 64.8 Å². The number of hydrogen-bond acceptors (Lipinski definition) is 5. The van der Waals surface area contributed by atoms with Crippen LogP contribution in [-0.4, -0.2) is 65.7 Å². The minimum absolute atomic E-state index is 0.0573. The lowest BCUT2D eigenvalue weighted by atomic mass is 9.73. The van der Waals surface area contributed by atoms with E-state index in [1.54, 1.807) is 4.90 Å². The third kappa shape index (κ3) is 4.57. The number of carbonyl (C=O) groups is 3. The van der Waals surface area contributed by atoms with Crippen LogP contribution in [0.2, 0.25) is 0 Å². The number of fused-ring (bicyclic) bond motifs is 1. The van der Waals surface area contributed by atoms with Gasteiger partial charge in [-0.05, 0) is 54.7 Å². The fourth-order valence-electron chi connectivity index (χ4n) is 7.70. The number of carbonyl (C=O) groups excluding carboxylic acids is 3. The Kier molecular flexibility index (Phi) is 7.28. The van der Waals surface area contributed by atoms with Crippen molar-refractivity contribution in [2.24, 2.45) is 23.7 Å². The molecule has 1 saturated carbocycles. The van der Waals surface area contributed by atoms with E-state index in [1.807, 2.05) is 36.4 Å². The van der Waals surface area contributed by atoms with E-state index < -0.39 is 29.6 Å². The molecule has 216 valence electrons. The molecule has 0 unspecified atom stereocenters. The molecule has 4 fully saturated rings. The van der Waals surface area contributed by atoms with Crippen LogP contribution in [0.15, 0.2) is 36.4 Å². The van der Waals surface area contributed by atoms with Gasteiger partial charge in [0.25, 0.3) is 0 Å². The summed E-state index contributed by atoms with van der Waals surface area (Å²) in [5.74, 6) is -0.815. The Bertz CT molecular complexity index is 1180. The van der Waals surface area contributed by atoms with Crippen LogP contribution in [0.3, 0.4) is 0 Å². The first-order valence-electron chi connectivity index (χ1n) is 15.2. The van der Waals surface area contributed by atoms with Gasteiger partial charge in [-0.15, -0.1) is 0 Å². The summed E-state index contributed by atoms with van der Waals surface area (Å²) in [5, 5.41) is 6.34. The largest absolute Gasteiger partial charge is 0.376 e. The van der Waals surface area contributed by atoms with Crippen molar-refractivity contribution in [2.75, 3.05) is 18.5 Å². The van der Waals surface area contributed by atoms with Crippen LogP contribution in [0.1, 0.15) is 71.3 Å². The lowest BCUT2D eigenvalue weighted by Gasteiger charge is -2.38. The predicted molar refractivity (Wildman–Crippen MR) is 151 cm³/mol. The third-order valence-electron chi connectivity index (χ3n) is 10.2. The van der Waals surface area contributed by atoms with Crippen LogP contribution in [0.5, 0.6) is 0 Å². The van der Waals surface area contributed by atoms with E-state index in [-0.39, 0.29) is 29.9 Å². The van der Waals surface area contributed by atoms with Crippen LogP contribution < -0.4 is 10.6 Å². The van der Waals surface area contributed by atoms with Crippen molar-refractivity contribution in [2.45, 2.75) is 95.6 Å². The summed E-state index contributed by atoms with van der Waals surface area (Å²) in [4.78, 5) is 43.7. The van der Waals surface area contributed by atoms with Gasteiger partial charge in [0.05, 0.1) is 24.0 Å². The highest BCUT2D eigenvalue weighted by Crippen LogP contribution is 2.55. The molecule has 0 aromatic heterocycles. The number of likely N-dealkylation sites (tertiary alicyclic amines) is 1. The number of rotatable bonds is 7. The van der Waals surface area contributed by atoms with E-state index in [0.717, 1.165) is 32.1 Å². The topological polar surface area (TPSA) is 97.0 Å². The molecule has 8 heteroatoms. The second kappa shape index (κ2) is 10.6. The highest BCUT2D eigenvalue weighted by Gasteiger charge is 2.73. The summed E-state index contributed by atoms with van der Waals surface area (Å²) in [7, 11) is 0. The molecule has 4 heterocycles. The maximum Gasteiger partial charge on any atom is 0.246 e. The molecular formula is C32H43N3O5. The Morgan fingerprint density at radius 1 is 1.07 bits per heavy atom. The quantitative estimate of drug-likeness (QED) is 0.501. The summed E-state index contributed by atoms with van der Waals surface area (Å²) in [5.41, 5.74) is 0.721. The van der Waals surface area contributed by atoms with Crippen LogP contribution >= 0.6 is 0 Å². The van der Waals surface area contributed by atoms with Crippen molar-refractivity contribution in [3.63, 3.8) is 0 Å². The first-order chi connectivity index (χ1) is 19.2. The van der Waals surface area contributed by atoms with Crippen LogP contribution in [-0.2, 0) is 23.9 Å². The lowest BCUT2D eigenvalue weighted by Crippen LogP contribution is -2.58. The molecule has 40 heavy (non-hydrogen) atoms. The van der Waals surface area contributed by atoms with Crippen molar-refractivity contribution >= 4 is 23.4 Å². The summed E-state index contributed by atoms with van der Waals surface area (Å²) in [6.45, 7) is 9.69. The second-order valence-corrected chi connectivity index (χ2v) is 13.0. The summed E-state index contributed by atoms with van der Waals surface area (Å²) < 4.78 is 12.4. The van der Waals surface area contributed by atoms with Crippen LogP contribution in [0.4, 0.5) is 5.69 Å². The molecule has 8 nitrogen and oxygen atoms in total. The molecular weight excluding hydrogens is 506 g/mol. The Labute approximate surface area is 237 Å². The molecule has 3 saturated heterocycles. The van der Waals surface area contributed by atoms with E-state index in [0.29, 0.717) is 36.6 Å². The minimum atomic E-state index is -1.16. The van der Waals surface area contributed by atoms with Gasteiger partial charge in [0.15, 0.2) is 0 Å². The number of hydrogen-bond donors (Lipinski definition) is 2. The molecule has 6 rings (SSSR count). The van der Waals surface area contributed by atoms with Crippen molar-refractivity contribution in [1.82, 2.24) is 10.2 Å². The molecule has 5 aliphatic rings. The molecule has 2 N–H and O–H groups in total. The first-order valence-corrected chi connectivity index (χ1v) is 15.2. The van der Waals surface area contributed by atoms with Gasteiger partial charge in [0.1, 0.15) is 11.6 Å². The number of ether oxygens (including phenoxy) is 2. The standard InChI is InChI=1S/C32H43N3O5/c1-18(2)21-10-12-22(13-11-21)33-29(36)26-25-14-15-32(40-25)27(26)31(38)35(17-23-8-6-16-39-23)28(32)30(37)34-24-9-5-7-19(3)20(24)4/h10-15,18-20,23-28H,5-9,16-17H2,1-4H3,(H,33,36)(H,34,37)/t19-,20+,23+,24-,25-,26+,27-,28-,32-/m1/s1. The van der Waals surface area contributed by atoms with E-state index in [4.69, 9.17) is 9.47 Å². The van der Waals surface area contributed by atoms with E-state index in [1.165, 1.54) is 5.56 Å². The molecule has 1 aromatic rings. The van der Waals surface area contributed by atoms with E-state index in [9.17, 15) is 14.4 Å². The van der Waals surface area contributed by atoms with E-state index >= 15 is 0 Å². The van der Waals surface area contributed by atoms with Gasteiger partial charge in [-0.25, -0.2) is 0 Å². The average Bonchev–Trinajstić information content (AvgIpc) is 3.70. The van der Waals surface area contributed by atoms with Gasteiger partial charge < -0.3 is 25.0 Å². The van der Waals surface area contributed by atoms with Gasteiger partial charge in [0, 0.05) is 24.9 Å².